The van der Waals surface area contributed by atoms with E-state index in [1.54, 1.807) is 18.3 Å². The molecule has 0 spiro atoms. The Kier molecular flexibility index (Phi) is 4.92. The smallest absolute Gasteiger partial charge is 0.249 e. The minimum absolute atomic E-state index is 0.276. The second-order valence-electron chi connectivity index (χ2n) is 4.66. The third-order valence-electron chi connectivity index (χ3n) is 3.11. The number of nitrogens with zero attached hydrogens (tertiary/aromatic N) is 1. The zero-order valence-corrected chi connectivity index (χ0v) is 11.6. The molecule has 1 saturated heterocycles. The van der Waals surface area contributed by atoms with Gasteiger partial charge in [0.1, 0.15) is 17.3 Å². The van der Waals surface area contributed by atoms with Gasteiger partial charge in [-0.3, -0.25) is 9.59 Å². The first kappa shape index (κ1) is 14.7. The van der Waals surface area contributed by atoms with Crippen molar-refractivity contribution in [2.24, 2.45) is 5.73 Å². The molecule has 1 aliphatic rings. The van der Waals surface area contributed by atoms with E-state index < -0.39 is 18.1 Å². The third-order valence-corrected chi connectivity index (χ3v) is 3.33. The Morgan fingerprint density at radius 2 is 2.35 bits per heavy atom. The zero-order chi connectivity index (χ0) is 14.5. The molecule has 1 aliphatic heterocycles. The van der Waals surface area contributed by atoms with E-state index in [9.17, 15) is 9.59 Å². The van der Waals surface area contributed by atoms with E-state index in [0.29, 0.717) is 18.2 Å². The predicted molar refractivity (Wildman–Crippen MR) is 73.1 cm³/mol. The van der Waals surface area contributed by atoms with Crippen LogP contribution >= 0.6 is 11.6 Å². The van der Waals surface area contributed by atoms with Crippen molar-refractivity contribution >= 4 is 23.4 Å². The van der Waals surface area contributed by atoms with Crippen LogP contribution in [-0.4, -0.2) is 35.6 Å². The third kappa shape index (κ3) is 3.91. The normalized spacial score (nSPS) is 19.6. The lowest BCUT2D eigenvalue weighted by atomic mass is 10.1. The molecule has 2 rings (SSSR count). The second-order valence-corrected chi connectivity index (χ2v) is 5.05. The van der Waals surface area contributed by atoms with Gasteiger partial charge in [-0.15, -0.1) is 0 Å². The lowest BCUT2D eigenvalue weighted by Gasteiger charge is -2.17. The Morgan fingerprint density at radius 1 is 1.55 bits per heavy atom. The summed E-state index contributed by atoms with van der Waals surface area (Å²) >= 11 is 5.69. The van der Waals surface area contributed by atoms with E-state index in [4.69, 9.17) is 22.1 Å². The van der Waals surface area contributed by atoms with Crippen molar-refractivity contribution in [3.8, 4) is 0 Å². The fourth-order valence-electron chi connectivity index (χ4n) is 2.03. The molecule has 20 heavy (non-hydrogen) atoms. The number of hydrogen-bond acceptors (Lipinski definition) is 4. The molecule has 1 fully saturated rings. The van der Waals surface area contributed by atoms with Crippen LogP contribution in [0.5, 0.6) is 0 Å². The van der Waals surface area contributed by atoms with Crippen molar-refractivity contribution < 1.29 is 14.3 Å². The number of ether oxygens (including phenoxy) is 1. The Morgan fingerprint density at radius 3 is 2.90 bits per heavy atom. The molecule has 3 N–H and O–H groups in total. The summed E-state index contributed by atoms with van der Waals surface area (Å²) in [5.41, 5.74) is 6.09. The van der Waals surface area contributed by atoms with Gasteiger partial charge in [0, 0.05) is 19.2 Å². The molecule has 1 aromatic rings. The highest BCUT2D eigenvalue weighted by Crippen LogP contribution is 2.13. The maximum atomic E-state index is 11.9. The van der Waals surface area contributed by atoms with E-state index in [0.717, 1.165) is 12.0 Å². The lowest BCUT2D eigenvalue weighted by Crippen LogP contribution is -2.49. The molecule has 0 radical (unpaired) electrons. The molecule has 0 aliphatic carbocycles. The first-order chi connectivity index (χ1) is 9.56. The van der Waals surface area contributed by atoms with E-state index in [2.05, 4.69) is 10.3 Å². The molecular weight excluding hydrogens is 282 g/mol. The maximum Gasteiger partial charge on any atom is 0.249 e. The summed E-state index contributed by atoms with van der Waals surface area (Å²) in [6, 6.07) is 2.58. The van der Waals surface area contributed by atoms with Crippen molar-refractivity contribution in [1.82, 2.24) is 10.3 Å². The highest BCUT2D eigenvalue weighted by Gasteiger charge is 2.27. The van der Waals surface area contributed by atoms with Crippen LogP contribution in [-0.2, 0) is 20.7 Å². The fraction of sp³-hybridized carbons (Fsp3) is 0.462. The van der Waals surface area contributed by atoms with Gasteiger partial charge in [0.2, 0.25) is 11.8 Å². The van der Waals surface area contributed by atoms with Crippen LogP contribution in [0.2, 0.25) is 5.15 Å². The SMILES string of the molecule is NC(=O)[C@H](Cc1ccc(Cl)nc1)NC(=O)[C@@H]1CCCO1. The van der Waals surface area contributed by atoms with E-state index >= 15 is 0 Å². The van der Waals surface area contributed by atoms with Gasteiger partial charge >= 0.3 is 0 Å². The van der Waals surface area contributed by atoms with Crippen LogP contribution < -0.4 is 11.1 Å². The molecule has 0 aromatic carbocycles. The summed E-state index contributed by atoms with van der Waals surface area (Å²) in [4.78, 5) is 27.3. The van der Waals surface area contributed by atoms with Gasteiger partial charge < -0.3 is 15.8 Å². The van der Waals surface area contributed by atoms with Gasteiger partial charge in [0.05, 0.1) is 0 Å². The van der Waals surface area contributed by atoms with E-state index in [-0.39, 0.29) is 12.3 Å². The summed E-state index contributed by atoms with van der Waals surface area (Å²) in [6.45, 7) is 0.570. The Balaban J connectivity index is 1.98. The molecular formula is C13H16ClN3O3. The Hall–Kier alpha value is -1.66. The zero-order valence-electron chi connectivity index (χ0n) is 10.8. The van der Waals surface area contributed by atoms with Crippen LogP contribution in [0.15, 0.2) is 18.3 Å². The van der Waals surface area contributed by atoms with Crippen LogP contribution in [0.25, 0.3) is 0 Å². The number of rotatable bonds is 5. The largest absolute Gasteiger partial charge is 0.368 e. The summed E-state index contributed by atoms with van der Waals surface area (Å²) in [5.74, 6) is -0.889. The molecule has 2 heterocycles. The number of carbonyl (C=O) groups excluding carboxylic acids is 2. The van der Waals surface area contributed by atoms with E-state index in [1.165, 1.54) is 0 Å². The summed E-state index contributed by atoms with van der Waals surface area (Å²) in [7, 11) is 0. The molecule has 0 saturated carbocycles. The highest BCUT2D eigenvalue weighted by atomic mass is 35.5. The van der Waals surface area contributed by atoms with Gasteiger partial charge in [-0.25, -0.2) is 4.98 Å². The van der Waals surface area contributed by atoms with Gasteiger partial charge in [-0.1, -0.05) is 17.7 Å². The Bertz CT molecular complexity index is 486. The molecule has 2 atom stereocenters. The fourth-order valence-corrected chi connectivity index (χ4v) is 2.15. The molecule has 6 nitrogen and oxygen atoms in total. The monoisotopic (exact) mass is 297 g/mol. The predicted octanol–water partition coefficient (Wildman–Crippen LogP) is 0.427. The van der Waals surface area contributed by atoms with Crippen LogP contribution in [0, 0.1) is 0 Å². The highest BCUT2D eigenvalue weighted by molar-refractivity contribution is 6.29. The lowest BCUT2D eigenvalue weighted by molar-refractivity contribution is -0.133. The first-order valence-corrected chi connectivity index (χ1v) is 6.76. The molecule has 7 heteroatoms. The van der Waals surface area contributed by atoms with Crippen molar-refractivity contribution in [2.45, 2.75) is 31.4 Å². The van der Waals surface area contributed by atoms with Gasteiger partial charge in [0.25, 0.3) is 0 Å². The second kappa shape index (κ2) is 6.67. The molecule has 0 bridgehead atoms. The van der Waals surface area contributed by atoms with Gasteiger partial charge in [-0.2, -0.15) is 0 Å². The summed E-state index contributed by atoms with van der Waals surface area (Å²) < 4.78 is 5.27. The molecule has 108 valence electrons. The number of aromatic nitrogens is 1. The van der Waals surface area contributed by atoms with Crippen molar-refractivity contribution in [2.75, 3.05) is 6.61 Å². The average Bonchev–Trinajstić information content (AvgIpc) is 2.94. The summed E-state index contributed by atoms with van der Waals surface area (Å²) in [6.07, 6.45) is 2.86. The van der Waals surface area contributed by atoms with Gasteiger partial charge in [-0.05, 0) is 24.5 Å². The molecule has 0 unspecified atom stereocenters. The number of amides is 2. The Labute approximate surface area is 121 Å². The van der Waals surface area contributed by atoms with Crippen molar-refractivity contribution in [3.63, 3.8) is 0 Å². The molecule has 2 amide bonds. The standard InChI is InChI=1S/C13H16ClN3O3/c14-11-4-3-8(7-16-11)6-9(12(15)18)17-13(19)10-2-1-5-20-10/h3-4,7,9-10H,1-2,5-6H2,(H2,15,18)(H,17,19)/t9-,10-/m0/s1. The maximum absolute atomic E-state index is 11.9. The van der Waals surface area contributed by atoms with E-state index in [1.807, 2.05) is 0 Å². The van der Waals surface area contributed by atoms with Crippen molar-refractivity contribution in [3.05, 3.63) is 29.0 Å². The summed E-state index contributed by atoms with van der Waals surface area (Å²) in [5, 5.41) is 2.99. The number of carbonyl (C=O) groups is 2. The van der Waals surface area contributed by atoms with Crippen molar-refractivity contribution in [1.29, 1.82) is 0 Å². The van der Waals surface area contributed by atoms with Gasteiger partial charge in [0.15, 0.2) is 0 Å². The first-order valence-electron chi connectivity index (χ1n) is 6.38. The van der Waals surface area contributed by atoms with Crippen LogP contribution in [0.1, 0.15) is 18.4 Å². The number of nitrogens with two attached hydrogens (primary N) is 1. The number of nitrogens with one attached hydrogen (secondary N) is 1. The number of pyridine rings is 1. The minimum atomic E-state index is -0.783. The quantitative estimate of drug-likeness (QED) is 0.770. The number of hydrogen-bond donors (Lipinski definition) is 2. The minimum Gasteiger partial charge on any atom is -0.368 e. The van der Waals surface area contributed by atoms with Crippen LogP contribution in [0.3, 0.4) is 0 Å². The number of primary amides is 1. The average molecular weight is 298 g/mol. The topological polar surface area (TPSA) is 94.3 Å². The molecule has 1 aromatic heterocycles. The van der Waals surface area contributed by atoms with Crippen LogP contribution in [0.4, 0.5) is 0 Å². The number of halogens is 1.